The van der Waals surface area contributed by atoms with E-state index in [1.807, 2.05) is 35.2 Å². The highest BCUT2D eigenvalue weighted by Gasteiger charge is 2.27. The van der Waals surface area contributed by atoms with E-state index in [-0.39, 0.29) is 5.92 Å². The number of anilines is 1. The third-order valence-corrected chi connectivity index (χ3v) is 4.80. The smallest absolute Gasteiger partial charge is 0.308 e. The van der Waals surface area contributed by atoms with Gasteiger partial charge in [0, 0.05) is 36.1 Å². The largest absolute Gasteiger partial charge is 0.481 e. The number of benzene rings is 1. The predicted molar refractivity (Wildman–Crippen MR) is 96.0 cm³/mol. The second-order valence-corrected chi connectivity index (χ2v) is 6.68. The van der Waals surface area contributed by atoms with E-state index in [0.717, 1.165) is 35.6 Å². The van der Waals surface area contributed by atoms with Crippen LogP contribution in [0.1, 0.15) is 12.8 Å². The van der Waals surface area contributed by atoms with Crippen LogP contribution in [0.4, 0.5) is 5.82 Å². The van der Waals surface area contributed by atoms with Crippen LogP contribution in [-0.2, 0) is 4.79 Å². The first-order valence-corrected chi connectivity index (χ1v) is 8.58. The lowest BCUT2D eigenvalue weighted by Gasteiger charge is -2.31. The second-order valence-electron chi connectivity index (χ2n) is 6.24. The lowest BCUT2D eigenvalue weighted by molar-refractivity contribution is -0.141. The molecule has 0 spiro atoms. The molecule has 0 amide bonds. The van der Waals surface area contributed by atoms with Crippen LogP contribution < -0.4 is 4.90 Å². The molecule has 2 aromatic heterocycles. The number of fused-ring (bicyclic) bond motifs is 1. The number of nitrogens with zero attached hydrogens (tertiary/aromatic N) is 4. The van der Waals surface area contributed by atoms with Crippen LogP contribution in [0.3, 0.4) is 0 Å². The van der Waals surface area contributed by atoms with Crippen molar-refractivity contribution in [2.45, 2.75) is 12.8 Å². The minimum Gasteiger partial charge on any atom is -0.481 e. The highest BCUT2D eigenvalue weighted by Crippen LogP contribution is 2.29. The number of aliphatic carboxylic acids is 1. The van der Waals surface area contributed by atoms with E-state index >= 15 is 0 Å². The highest BCUT2D eigenvalue weighted by atomic mass is 35.5. The van der Waals surface area contributed by atoms with Crippen LogP contribution in [-0.4, -0.2) is 38.8 Å². The van der Waals surface area contributed by atoms with Crippen LogP contribution >= 0.6 is 11.6 Å². The van der Waals surface area contributed by atoms with E-state index in [4.69, 9.17) is 11.6 Å². The summed E-state index contributed by atoms with van der Waals surface area (Å²) in [5.41, 5.74) is 2.61. The van der Waals surface area contributed by atoms with Gasteiger partial charge in [-0.1, -0.05) is 23.7 Å². The van der Waals surface area contributed by atoms with Gasteiger partial charge in [0.1, 0.15) is 5.52 Å². The zero-order valence-electron chi connectivity index (χ0n) is 13.5. The van der Waals surface area contributed by atoms with Crippen molar-refractivity contribution >= 4 is 28.9 Å². The van der Waals surface area contributed by atoms with Gasteiger partial charge in [-0.3, -0.25) is 4.79 Å². The van der Waals surface area contributed by atoms with Gasteiger partial charge in [0.2, 0.25) is 0 Å². The Bertz CT molecular complexity index is 940. The molecule has 3 heterocycles. The van der Waals surface area contributed by atoms with Gasteiger partial charge >= 0.3 is 5.97 Å². The van der Waals surface area contributed by atoms with Crippen molar-refractivity contribution in [2.24, 2.45) is 5.92 Å². The average Bonchev–Trinajstić information content (AvgIpc) is 3.06. The maximum atomic E-state index is 11.3. The monoisotopic (exact) mass is 356 g/mol. The van der Waals surface area contributed by atoms with Crippen LogP contribution in [0.5, 0.6) is 0 Å². The average molecular weight is 357 g/mol. The molecule has 0 saturated carbocycles. The van der Waals surface area contributed by atoms with Gasteiger partial charge in [-0.05, 0) is 31.0 Å². The van der Waals surface area contributed by atoms with Crippen molar-refractivity contribution in [3.8, 4) is 11.3 Å². The molecule has 7 heteroatoms. The summed E-state index contributed by atoms with van der Waals surface area (Å²) in [7, 11) is 0. The zero-order valence-corrected chi connectivity index (χ0v) is 14.2. The molecule has 1 atom stereocenters. The summed E-state index contributed by atoms with van der Waals surface area (Å²) < 4.78 is 1.78. The molecule has 4 rings (SSSR count). The highest BCUT2D eigenvalue weighted by molar-refractivity contribution is 6.30. The molecule has 3 aromatic rings. The van der Waals surface area contributed by atoms with Crippen LogP contribution in [0, 0.1) is 5.92 Å². The number of rotatable bonds is 3. The van der Waals surface area contributed by atoms with E-state index in [1.165, 1.54) is 0 Å². The van der Waals surface area contributed by atoms with E-state index < -0.39 is 5.97 Å². The fraction of sp³-hybridized carbons (Fsp3) is 0.278. The van der Waals surface area contributed by atoms with E-state index in [2.05, 4.69) is 10.1 Å². The maximum absolute atomic E-state index is 11.3. The Morgan fingerprint density at radius 2 is 2.20 bits per heavy atom. The molecule has 1 N–H and O–H groups in total. The molecule has 1 aliphatic rings. The number of halogens is 1. The Kier molecular flexibility index (Phi) is 4.05. The quantitative estimate of drug-likeness (QED) is 0.779. The molecule has 6 nitrogen and oxygen atoms in total. The second kappa shape index (κ2) is 6.37. The van der Waals surface area contributed by atoms with Crippen LogP contribution in [0.2, 0.25) is 5.02 Å². The third-order valence-electron chi connectivity index (χ3n) is 4.56. The summed E-state index contributed by atoms with van der Waals surface area (Å²) in [6, 6.07) is 9.52. The Morgan fingerprint density at radius 3 is 3.00 bits per heavy atom. The maximum Gasteiger partial charge on any atom is 0.308 e. The number of hydrogen-bond acceptors (Lipinski definition) is 4. The Morgan fingerprint density at radius 1 is 1.32 bits per heavy atom. The predicted octanol–water partition coefficient (Wildman–Crippen LogP) is 3.35. The molecule has 1 aliphatic heterocycles. The summed E-state index contributed by atoms with van der Waals surface area (Å²) in [6.45, 7) is 1.27. The first-order chi connectivity index (χ1) is 12.1. The topological polar surface area (TPSA) is 70.7 Å². The standard InChI is InChI=1S/C18H17ClN4O2/c19-14-5-1-3-12(9-14)15-10-16-17(20-6-8-23(16)21-15)22-7-2-4-13(11-22)18(24)25/h1,3,5-6,8-10,13H,2,4,7,11H2,(H,24,25)/t13-/m1/s1. The minimum absolute atomic E-state index is 0.355. The normalized spacial score (nSPS) is 17.8. The summed E-state index contributed by atoms with van der Waals surface area (Å²) in [5, 5.41) is 14.6. The zero-order chi connectivity index (χ0) is 17.4. The molecule has 1 fully saturated rings. The summed E-state index contributed by atoms with van der Waals surface area (Å²) in [6.07, 6.45) is 5.05. The summed E-state index contributed by atoms with van der Waals surface area (Å²) in [5.74, 6) is -0.329. The van der Waals surface area contributed by atoms with Gasteiger partial charge in [-0.15, -0.1) is 0 Å². The molecular weight excluding hydrogens is 340 g/mol. The van der Waals surface area contributed by atoms with Gasteiger partial charge in [-0.2, -0.15) is 5.10 Å². The molecular formula is C18H17ClN4O2. The van der Waals surface area contributed by atoms with Gasteiger partial charge in [0.15, 0.2) is 5.82 Å². The van der Waals surface area contributed by atoms with Crippen LogP contribution in [0.15, 0.2) is 42.7 Å². The molecule has 25 heavy (non-hydrogen) atoms. The number of piperidine rings is 1. The van der Waals surface area contributed by atoms with Crippen molar-refractivity contribution in [3.63, 3.8) is 0 Å². The van der Waals surface area contributed by atoms with E-state index in [1.54, 1.807) is 16.9 Å². The van der Waals surface area contributed by atoms with Gasteiger partial charge in [-0.25, -0.2) is 9.50 Å². The van der Waals surface area contributed by atoms with Crippen molar-refractivity contribution in [2.75, 3.05) is 18.0 Å². The minimum atomic E-state index is -0.746. The molecule has 0 radical (unpaired) electrons. The molecule has 0 unspecified atom stereocenters. The molecule has 0 aliphatic carbocycles. The number of carboxylic acid groups (broad SMARTS) is 1. The first kappa shape index (κ1) is 15.9. The molecule has 1 aromatic carbocycles. The third kappa shape index (κ3) is 3.05. The Hall–Kier alpha value is -2.60. The SMILES string of the molecule is O=C(O)[C@@H]1CCCN(c2nccn3nc(-c4cccc(Cl)c4)cc23)C1. The van der Waals surface area contributed by atoms with E-state index in [0.29, 0.717) is 18.0 Å². The fourth-order valence-corrected chi connectivity index (χ4v) is 3.50. The van der Waals surface area contributed by atoms with Crippen molar-refractivity contribution in [1.82, 2.24) is 14.6 Å². The summed E-state index contributed by atoms with van der Waals surface area (Å²) >= 11 is 6.08. The Labute approximate surface area is 149 Å². The van der Waals surface area contributed by atoms with Gasteiger partial charge in [0.25, 0.3) is 0 Å². The fourth-order valence-electron chi connectivity index (χ4n) is 3.31. The number of aromatic nitrogens is 3. The number of hydrogen-bond donors (Lipinski definition) is 1. The van der Waals surface area contributed by atoms with Gasteiger partial charge < -0.3 is 10.0 Å². The van der Waals surface area contributed by atoms with Crippen LogP contribution in [0.25, 0.3) is 16.8 Å². The lowest BCUT2D eigenvalue weighted by atomic mass is 9.98. The number of carbonyl (C=O) groups is 1. The summed E-state index contributed by atoms with van der Waals surface area (Å²) in [4.78, 5) is 17.9. The molecule has 1 saturated heterocycles. The van der Waals surface area contributed by atoms with Crippen molar-refractivity contribution in [1.29, 1.82) is 0 Å². The number of carboxylic acids is 1. The van der Waals surface area contributed by atoms with Crippen molar-refractivity contribution in [3.05, 3.63) is 47.7 Å². The van der Waals surface area contributed by atoms with Gasteiger partial charge in [0.05, 0.1) is 11.6 Å². The molecule has 128 valence electrons. The first-order valence-electron chi connectivity index (χ1n) is 8.20. The molecule has 0 bridgehead atoms. The lowest BCUT2D eigenvalue weighted by Crippen LogP contribution is -2.39. The Balaban J connectivity index is 1.74. The van der Waals surface area contributed by atoms with E-state index in [9.17, 15) is 9.90 Å². The van der Waals surface area contributed by atoms with Crippen molar-refractivity contribution < 1.29 is 9.90 Å².